The molecule has 3 rings (SSSR count). The van der Waals surface area contributed by atoms with Crippen molar-refractivity contribution in [3.05, 3.63) is 95.6 Å². The van der Waals surface area contributed by atoms with Crippen LogP contribution in [0.4, 0.5) is 4.39 Å². The zero-order valence-corrected chi connectivity index (χ0v) is 17.5. The van der Waals surface area contributed by atoms with E-state index in [0.717, 1.165) is 29.7 Å². The lowest BCUT2D eigenvalue weighted by atomic mass is 10.2. The van der Waals surface area contributed by atoms with Gasteiger partial charge in [-0.15, -0.1) is 0 Å². The zero-order chi connectivity index (χ0) is 21.2. The van der Waals surface area contributed by atoms with Gasteiger partial charge < -0.3 is 14.2 Å². The van der Waals surface area contributed by atoms with Gasteiger partial charge in [0.2, 0.25) is 5.91 Å². The van der Waals surface area contributed by atoms with E-state index in [4.69, 9.17) is 4.74 Å². The second kappa shape index (κ2) is 11.3. The third-order valence-electron chi connectivity index (χ3n) is 4.99. The largest absolute Gasteiger partial charge is 0.367 e. The first kappa shape index (κ1) is 21.8. The predicted molar refractivity (Wildman–Crippen MR) is 116 cm³/mol. The standard InChI is InChI=1S/C25H29FN2O2/c1-2-3-14-28(25(29)20-30-19-21-9-5-4-6-10-21)18-24-13-8-15-27(24)17-22-11-7-12-23(26)16-22/h4-13,15-16H,2-3,14,17-20H2,1H3. The van der Waals surface area contributed by atoms with Crippen LogP contribution in [0.3, 0.4) is 0 Å². The van der Waals surface area contributed by atoms with Crippen LogP contribution < -0.4 is 0 Å². The van der Waals surface area contributed by atoms with Crippen LogP contribution in [0.5, 0.6) is 0 Å². The zero-order valence-electron chi connectivity index (χ0n) is 17.5. The normalized spacial score (nSPS) is 10.9. The second-order valence-corrected chi connectivity index (χ2v) is 7.40. The summed E-state index contributed by atoms with van der Waals surface area (Å²) in [7, 11) is 0. The Balaban J connectivity index is 1.61. The van der Waals surface area contributed by atoms with E-state index in [2.05, 4.69) is 11.5 Å². The van der Waals surface area contributed by atoms with Crippen LogP contribution in [0.25, 0.3) is 0 Å². The van der Waals surface area contributed by atoms with Gasteiger partial charge in [0.05, 0.1) is 13.2 Å². The van der Waals surface area contributed by atoms with Gasteiger partial charge in [-0.3, -0.25) is 4.79 Å². The van der Waals surface area contributed by atoms with E-state index in [9.17, 15) is 9.18 Å². The van der Waals surface area contributed by atoms with Gasteiger partial charge in [-0.05, 0) is 41.8 Å². The fraction of sp³-hybridized carbons (Fsp3) is 0.320. The van der Waals surface area contributed by atoms with Gasteiger partial charge >= 0.3 is 0 Å². The topological polar surface area (TPSA) is 34.5 Å². The molecule has 0 saturated carbocycles. The molecule has 0 spiro atoms. The van der Waals surface area contributed by atoms with Crippen LogP contribution in [-0.4, -0.2) is 28.5 Å². The van der Waals surface area contributed by atoms with Gasteiger partial charge in [0.25, 0.3) is 0 Å². The van der Waals surface area contributed by atoms with Crippen LogP contribution in [0.2, 0.25) is 0 Å². The second-order valence-electron chi connectivity index (χ2n) is 7.40. The molecule has 0 aliphatic rings. The maximum atomic E-state index is 13.5. The maximum Gasteiger partial charge on any atom is 0.248 e. The van der Waals surface area contributed by atoms with Gasteiger partial charge in [0.15, 0.2) is 0 Å². The van der Waals surface area contributed by atoms with E-state index in [0.29, 0.717) is 26.2 Å². The SMILES string of the molecule is CCCCN(Cc1cccn1Cc1cccc(F)c1)C(=O)COCc1ccccc1. The van der Waals surface area contributed by atoms with E-state index >= 15 is 0 Å². The highest BCUT2D eigenvalue weighted by Gasteiger charge is 2.16. The van der Waals surface area contributed by atoms with Crippen LogP contribution in [0.15, 0.2) is 72.9 Å². The molecule has 0 aliphatic carbocycles. The summed E-state index contributed by atoms with van der Waals surface area (Å²) in [5.74, 6) is -0.255. The van der Waals surface area contributed by atoms with Crippen LogP contribution in [0, 0.1) is 5.82 Å². The average molecular weight is 409 g/mol. The molecule has 0 N–H and O–H groups in total. The van der Waals surface area contributed by atoms with E-state index in [1.165, 1.54) is 6.07 Å². The van der Waals surface area contributed by atoms with Gasteiger partial charge in [-0.25, -0.2) is 4.39 Å². The molecule has 0 aliphatic heterocycles. The molecule has 0 atom stereocenters. The molecule has 4 nitrogen and oxygen atoms in total. The van der Waals surface area contributed by atoms with E-state index in [1.54, 1.807) is 12.1 Å². The Morgan fingerprint density at radius 1 is 1.03 bits per heavy atom. The number of carbonyl (C=O) groups is 1. The Kier molecular flexibility index (Phi) is 8.21. The van der Waals surface area contributed by atoms with Gasteiger partial charge in [0, 0.05) is 25.0 Å². The van der Waals surface area contributed by atoms with E-state index in [1.807, 2.05) is 59.6 Å². The molecule has 1 heterocycles. The number of unbranched alkanes of at least 4 members (excludes halogenated alkanes) is 1. The minimum Gasteiger partial charge on any atom is -0.367 e. The molecule has 1 amide bonds. The quantitative estimate of drug-likeness (QED) is 0.446. The molecule has 0 bridgehead atoms. The van der Waals surface area contributed by atoms with Crippen LogP contribution >= 0.6 is 0 Å². The van der Waals surface area contributed by atoms with E-state index < -0.39 is 0 Å². The Morgan fingerprint density at radius 3 is 2.60 bits per heavy atom. The summed E-state index contributed by atoms with van der Waals surface area (Å²) in [4.78, 5) is 14.7. The third-order valence-corrected chi connectivity index (χ3v) is 4.99. The van der Waals surface area contributed by atoms with Crippen molar-refractivity contribution in [3.63, 3.8) is 0 Å². The number of rotatable bonds is 11. The monoisotopic (exact) mass is 408 g/mol. The Bertz CT molecular complexity index is 924. The number of nitrogens with zero attached hydrogens (tertiary/aromatic N) is 2. The van der Waals surface area contributed by atoms with Gasteiger partial charge in [-0.1, -0.05) is 55.8 Å². The summed E-state index contributed by atoms with van der Waals surface area (Å²) in [6, 6.07) is 20.4. The molecule has 3 aromatic rings. The fourth-order valence-corrected chi connectivity index (χ4v) is 3.34. The summed E-state index contributed by atoms with van der Waals surface area (Å²) < 4.78 is 21.2. The summed E-state index contributed by atoms with van der Waals surface area (Å²) >= 11 is 0. The number of carbonyl (C=O) groups excluding carboxylic acids is 1. The van der Waals surface area contributed by atoms with Gasteiger partial charge in [-0.2, -0.15) is 0 Å². The lowest BCUT2D eigenvalue weighted by molar-refractivity contribution is -0.137. The molecule has 0 unspecified atom stereocenters. The number of benzene rings is 2. The molecule has 158 valence electrons. The number of amides is 1. The van der Waals surface area contributed by atoms with Crippen molar-refractivity contribution in [2.24, 2.45) is 0 Å². The average Bonchev–Trinajstić information content (AvgIpc) is 3.18. The highest BCUT2D eigenvalue weighted by atomic mass is 19.1. The lowest BCUT2D eigenvalue weighted by Crippen LogP contribution is -2.35. The third kappa shape index (κ3) is 6.56. The predicted octanol–water partition coefficient (Wildman–Crippen LogP) is 5.02. The molecule has 30 heavy (non-hydrogen) atoms. The summed E-state index contributed by atoms with van der Waals surface area (Å²) in [5.41, 5.74) is 2.96. The van der Waals surface area contributed by atoms with Crippen molar-refractivity contribution in [3.8, 4) is 0 Å². The van der Waals surface area contributed by atoms with Crippen molar-refractivity contribution >= 4 is 5.91 Å². The molecule has 0 radical (unpaired) electrons. The van der Waals surface area contributed by atoms with Crippen LogP contribution in [-0.2, 0) is 29.2 Å². The molecular formula is C25H29FN2O2. The Morgan fingerprint density at radius 2 is 1.83 bits per heavy atom. The number of halogens is 1. The maximum absolute atomic E-state index is 13.5. The van der Waals surface area contributed by atoms with Crippen LogP contribution in [0.1, 0.15) is 36.6 Å². The highest BCUT2D eigenvalue weighted by molar-refractivity contribution is 5.77. The minimum atomic E-state index is -0.239. The summed E-state index contributed by atoms with van der Waals surface area (Å²) in [6.45, 7) is 4.36. The summed E-state index contributed by atoms with van der Waals surface area (Å²) in [6.07, 6.45) is 3.92. The molecule has 1 aromatic heterocycles. The minimum absolute atomic E-state index is 0.0158. The van der Waals surface area contributed by atoms with Crippen molar-refractivity contribution in [2.45, 2.75) is 39.5 Å². The molecule has 0 fully saturated rings. The van der Waals surface area contributed by atoms with Gasteiger partial charge in [0.1, 0.15) is 12.4 Å². The highest BCUT2D eigenvalue weighted by Crippen LogP contribution is 2.13. The molecule has 5 heteroatoms. The first-order valence-corrected chi connectivity index (χ1v) is 10.4. The Hall–Kier alpha value is -2.92. The van der Waals surface area contributed by atoms with E-state index in [-0.39, 0.29) is 18.3 Å². The molecule has 2 aromatic carbocycles. The fourth-order valence-electron chi connectivity index (χ4n) is 3.34. The van der Waals surface area contributed by atoms with Crippen molar-refractivity contribution in [2.75, 3.05) is 13.2 Å². The summed E-state index contributed by atoms with van der Waals surface area (Å²) in [5, 5.41) is 0. The first-order valence-electron chi connectivity index (χ1n) is 10.4. The van der Waals surface area contributed by atoms with Crippen molar-refractivity contribution in [1.29, 1.82) is 0 Å². The lowest BCUT2D eigenvalue weighted by Gasteiger charge is -2.23. The molecule has 0 saturated heterocycles. The Labute approximate surface area is 177 Å². The smallest absolute Gasteiger partial charge is 0.248 e. The van der Waals surface area contributed by atoms with Crippen molar-refractivity contribution < 1.29 is 13.9 Å². The molecular weight excluding hydrogens is 379 g/mol. The number of ether oxygens (including phenoxy) is 1. The number of hydrogen-bond donors (Lipinski definition) is 0. The first-order chi connectivity index (χ1) is 14.7. The number of hydrogen-bond acceptors (Lipinski definition) is 2. The van der Waals surface area contributed by atoms with Crippen molar-refractivity contribution in [1.82, 2.24) is 9.47 Å². The number of aromatic nitrogens is 1.